The lowest BCUT2D eigenvalue weighted by atomic mass is 9.98. The molecule has 23 heavy (non-hydrogen) atoms. The van der Waals surface area contributed by atoms with Crippen molar-refractivity contribution >= 4 is 54.1 Å². The maximum Gasteiger partial charge on any atom is 0.308 e. The van der Waals surface area contributed by atoms with Crippen molar-refractivity contribution in [1.29, 1.82) is 0 Å². The molecule has 1 aliphatic heterocycles. The van der Waals surface area contributed by atoms with Gasteiger partial charge in [-0.05, 0) is 12.5 Å². The first-order valence-electron chi connectivity index (χ1n) is 6.93. The summed E-state index contributed by atoms with van der Waals surface area (Å²) in [5, 5.41) is 9.97. The molecule has 0 aromatic carbocycles. The van der Waals surface area contributed by atoms with E-state index in [4.69, 9.17) is 5.11 Å². The predicted molar refractivity (Wildman–Crippen MR) is 96.7 cm³/mol. The first kappa shape index (κ1) is 21.9. The van der Waals surface area contributed by atoms with Crippen molar-refractivity contribution in [3.05, 3.63) is 22.2 Å². The van der Waals surface area contributed by atoms with Crippen molar-refractivity contribution < 1.29 is 14.7 Å². The summed E-state index contributed by atoms with van der Waals surface area (Å²) in [6.45, 7) is 7.10. The van der Waals surface area contributed by atoms with Crippen LogP contribution in [0.1, 0.15) is 37.1 Å². The summed E-state index contributed by atoms with van der Waals surface area (Å²) in [5.74, 6) is -1.39. The van der Waals surface area contributed by atoms with E-state index in [1.54, 1.807) is 28.5 Å². The Hall–Kier alpha value is -1.11. The number of carbonyl (C=O) groups excluding carboxylic acids is 1. The summed E-state index contributed by atoms with van der Waals surface area (Å²) >= 11 is 1.57. The zero-order valence-corrected chi connectivity index (χ0v) is 15.8. The Kier molecular flexibility index (Phi) is 8.24. The van der Waals surface area contributed by atoms with Gasteiger partial charge in [0.25, 0.3) is 0 Å². The van der Waals surface area contributed by atoms with Crippen LogP contribution in [-0.4, -0.2) is 40.0 Å². The van der Waals surface area contributed by atoms with E-state index < -0.39 is 11.9 Å². The number of aromatic nitrogens is 1. The topological polar surface area (TPSA) is 70.5 Å². The van der Waals surface area contributed by atoms with Gasteiger partial charge >= 0.3 is 5.97 Å². The van der Waals surface area contributed by atoms with E-state index in [2.05, 4.69) is 25.8 Å². The van der Waals surface area contributed by atoms with Crippen molar-refractivity contribution in [2.24, 2.45) is 5.92 Å². The van der Waals surface area contributed by atoms with E-state index in [-0.39, 0.29) is 36.1 Å². The van der Waals surface area contributed by atoms with Crippen LogP contribution in [0.2, 0.25) is 0 Å². The van der Waals surface area contributed by atoms with Gasteiger partial charge in [0.2, 0.25) is 5.91 Å². The molecule has 1 atom stereocenters. The lowest BCUT2D eigenvalue weighted by Gasteiger charge is -2.13. The SMILES string of the molecule is CC(C)(C)c1ncc(/C=C/C(=O)N2CCC(C(=O)O)C2)s1.Cl.Cl. The Balaban J connectivity index is 0.00000242. The molecular formula is C15H22Cl2N2O3S. The monoisotopic (exact) mass is 380 g/mol. The quantitative estimate of drug-likeness (QED) is 0.817. The molecule has 130 valence electrons. The highest BCUT2D eigenvalue weighted by Crippen LogP contribution is 2.27. The second-order valence-electron chi connectivity index (χ2n) is 6.26. The van der Waals surface area contributed by atoms with Gasteiger partial charge in [-0.1, -0.05) is 20.8 Å². The van der Waals surface area contributed by atoms with Crippen molar-refractivity contribution in [3.63, 3.8) is 0 Å². The molecular weight excluding hydrogens is 359 g/mol. The molecule has 2 heterocycles. The molecule has 0 bridgehead atoms. The average molecular weight is 381 g/mol. The number of aliphatic carboxylic acids is 1. The number of carboxylic acid groups (broad SMARTS) is 1. The molecule has 1 amide bonds. The zero-order chi connectivity index (χ0) is 15.6. The van der Waals surface area contributed by atoms with E-state index in [0.717, 1.165) is 9.88 Å². The Morgan fingerprint density at radius 1 is 1.39 bits per heavy atom. The highest BCUT2D eigenvalue weighted by molar-refractivity contribution is 7.12. The van der Waals surface area contributed by atoms with Crippen molar-refractivity contribution in [3.8, 4) is 0 Å². The fourth-order valence-electron chi connectivity index (χ4n) is 2.13. The third kappa shape index (κ3) is 5.79. The third-order valence-corrected chi connectivity index (χ3v) is 4.79. The molecule has 1 aromatic rings. The smallest absolute Gasteiger partial charge is 0.308 e. The van der Waals surface area contributed by atoms with E-state index in [9.17, 15) is 9.59 Å². The standard InChI is InChI=1S/C15H20N2O3S.2ClH/c1-15(2,3)14-16-8-11(21-14)4-5-12(18)17-7-6-10(9-17)13(19)20;;/h4-5,8,10H,6-7,9H2,1-3H3,(H,19,20);2*1H/b5-4+;;. The molecule has 8 heteroatoms. The van der Waals surface area contributed by atoms with Crippen molar-refractivity contribution in [1.82, 2.24) is 9.88 Å². The molecule has 0 aliphatic carbocycles. The summed E-state index contributed by atoms with van der Waals surface area (Å²) in [7, 11) is 0. The summed E-state index contributed by atoms with van der Waals surface area (Å²) < 4.78 is 0. The zero-order valence-electron chi connectivity index (χ0n) is 13.3. The lowest BCUT2D eigenvalue weighted by Crippen LogP contribution is -2.28. The highest BCUT2D eigenvalue weighted by atomic mass is 35.5. The number of carbonyl (C=O) groups is 2. The van der Waals surface area contributed by atoms with Crippen LogP contribution < -0.4 is 0 Å². The normalized spacial score (nSPS) is 17.7. The molecule has 0 saturated carbocycles. The Morgan fingerprint density at radius 2 is 2.04 bits per heavy atom. The molecule has 0 radical (unpaired) electrons. The Morgan fingerprint density at radius 3 is 2.52 bits per heavy atom. The van der Waals surface area contributed by atoms with Gasteiger partial charge in [-0.3, -0.25) is 9.59 Å². The number of nitrogens with zero attached hydrogens (tertiary/aromatic N) is 2. The Bertz CT molecular complexity index is 582. The van der Waals surface area contributed by atoms with Crippen molar-refractivity contribution in [2.75, 3.05) is 13.1 Å². The van der Waals surface area contributed by atoms with Gasteiger partial charge in [0, 0.05) is 35.7 Å². The van der Waals surface area contributed by atoms with Crippen LogP contribution in [0.25, 0.3) is 6.08 Å². The largest absolute Gasteiger partial charge is 0.481 e. The van der Waals surface area contributed by atoms with Crippen LogP contribution in [-0.2, 0) is 15.0 Å². The number of hydrogen-bond acceptors (Lipinski definition) is 4. The second-order valence-corrected chi connectivity index (χ2v) is 7.32. The van der Waals surface area contributed by atoms with E-state index in [1.807, 2.05) is 0 Å². The summed E-state index contributed by atoms with van der Waals surface area (Å²) in [6.07, 6.45) is 5.55. The summed E-state index contributed by atoms with van der Waals surface area (Å²) in [6, 6.07) is 0. The van der Waals surface area contributed by atoms with Crippen LogP contribution in [0.3, 0.4) is 0 Å². The fourth-order valence-corrected chi connectivity index (χ4v) is 3.01. The number of thiazole rings is 1. The maximum absolute atomic E-state index is 12.0. The maximum atomic E-state index is 12.0. The molecule has 1 unspecified atom stereocenters. The molecule has 1 fully saturated rings. The van der Waals surface area contributed by atoms with Crippen LogP contribution >= 0.6 is 36.2 Å². The number of carboxylic acids is 1. The molecule has 1 aromatic heterocycles. The van der Waals surface area contributed by atoms with Crippen LogP contribution in [0.5, 0.6) is 0 Å². The number of hydrogen-bond donors (Lipinski definition) is 1. The lowest BCUT2D eigenvalue weighted by molar-refractivity contribution is -0.141. The van der Waals surface area contributed by atoms with Gasteiger partial charge in [0.1, 0.15) is 0 Å². The second kappa shape index (κ2) is 8.66. The van der Waals surface area contributed by atoms with Gasteiger partial charge < -0.3 is 10.0 Å². The first-order valence-corrected chi connectivity index (χ1v) is 7.75. The molecule has 0 spiro atoms. The third-order valence-electron chi connectivity index (χ3n) is 3.40. The van der Waals surface area contributed by atoms with Crippen LogP contribution in [0, 0.1) is 5.92 Å². The predicted octanol–water partition coefficient (Wildman–Crippen LogP) is 3.23. The molecule has 1 saturated heterocycles. The van der Waals surface area contributed by atoms with Crippen LogP contribution in [0.15, 0.2) is 12.3 Å². The van der Waals surface area contributed by atoms with E-state index in [0.29, 0.717) is 19.5 Å². The van der Waals surface area contributed by atoms with Gasteiger partial charge in [0.05, 0.1) is 10.9 Å². The number of rotatable bonds is 3. The molecule has 5 nitrogen and oxygen atoms in total. The van der Waals surface area contributed by atoms with E-state index >= 15 is 0 Å². The minimum Gasteiger partial charge on any atom is -0.481 e. The number of halogens is 2. The fraction of sp³-hybridized carbons (Fsp3) is 0.533. The number of likely N-dealkylation sites (tertiary alicyclic amines) is 1. The molecule has 2 rings (SSSR count). The number of amides is 1. The molecule has 1 N–H and O–H groups in total. The Labute approximate surface area is 152 Å². The minimum atomic E-state index is -0.827. The first-order chi connectivity index (χ1) is 9.77. The van der Waals surface area contributed by atoms with Gasteiger partial charge in [0.15, 0.2) is 0 Å². The van der Waals surface area contributed by atoms with Crippen LogP contribution in [0.4, 0.5) is 0 Å². The average Bonchev–Trinajstić information content (AvgIpc) is 3.04. The van der Waals surface area contributed by atoms with Crippen molar-refractivity contribution in [2.45, 2.75) is 32.6 Å². The summed E-state index contributed by atoms with van der Waals surface area (Å²) in [5.41, 5.74) is 0.00439. The van der Waals surface area contributed by atoms with Gasteiger partial charge in [-0.25, -0.2) is 4.98 Å². The van der Waals surface area contributed by atoms with Gasteiger partial charge in [-0.15, -0.1) is 36.2 Å². The van der Waals surface area contributed by atoms with E-state index in [1.165, 1.54) is 6.08 Å². The minimum absolute atomic E-state index is 0. The summed E-state index contributed by atoms with van der Waals surface area (Å²) in [4.78, 5) is 29.8. The molecule has 1 aliphatic rings. The highest BCUT2D eigenvalue weighted by Gasteiger charge is 2.29. The van der Waals surface area contributed by atoms with Gasteiger partial charge in [-0.2, -0.15) is 0 Å².